The molecule has 0 spiro atoms. The molecule has 0 amide bonds. The molecule has 8 nitrogen and oxygen atoms in total. The maximum absolute atomic E-state index is 6.21. The van der Waals surface area contributed by atoms with Crippen molar-refractivity contribution >= 4 is 5.84 Å². The van der Waals surface area contributed by atoms with Gasteiger partial charge in [0.15, 0.2) is 0 Å². The molecular formula is C34H32N8. The highest BCUT2D eigenvalue weighted by molar-refractivity contribution is 5.97. The Kier molecular flexibility index (Phi) is 9.52. The van der Waals surface area contributed by atoms with Crippen LogP contribution in [0.4, 0.5) is 0 Å². The molecule has 42 heavy (non-hydrogen) atoms. The van der Waals surface area contributed by atoms with E-state index in [1.165, 1.54) is 0 Å². The van der Waals surface area contributed by atoms with Gasteiger partial charge >= 0.3 is 0 Å². The molecule has 0 radical (unpaired) electrons. The van der Waals surface area contributed by atoms with Crippen LogP contribution in [0.25, 0.3) is 22.6 Å². The summed E-state index contributed by atoms with van der Waals surface area (Å²) >= 11 is 0. The zero-order valence-electron chi connectivity index (χ0n) is 23.1. The summed E-state index contributed by atoms with van der Waals surface area (Å²) in [6.07, 6.45) is 11.3. The molecule has 1 aromatic carbocycles. The van der Waals surface area contributed by atoms with Gasteiger partial charge in [0.05, 0.1) is 46.8 Å². The first-order valence-electron chi connectivity index (χ1n) is 13.6. The molecule has 1 unspecified atom stereocenters. The third-order valence-electron chi connectivity index (χ3n) is 6.45. The molecule has 6 rings (SSSR count). The molecule has 1 atom stereocenters. The van der Waals surface area contributed by atoms with Gasteiger partial charge in [0.1, 0.15) is 5.84 Å². The van der Waals surface area contributed by atoms with Gasteiger partial charge in [-0.3, -0.25) is 19.9 Å². The van der Waals surface area contributed by atoms with E-state index in [0.29, 0.717) is 18.9 Å². The summed E-state index contributed by atoms with van der Waals surface area (Å²) in [6, 6.07) is 31.5. The average Bonchev–Trinajstić information content (AvgIpc) is 3.09. The van der Waals surface area contributed by atoms with E-state index in [9.17, 15) is 0 Å². The standard InChI is InChI=1S/C23H21N5.C11H11N3/c24-23(22-9-5-8-21(28-22)20-7-2-4-15-26-20)27-16-17-10-12-18(13-11-17)19-6-1-3-14-25-19;12-8-9-4-3-6-11(14-9)10-5-1-2-7-13-10/h1-15,21,28H,16H2,(H2,24,27);1-7H,8,12H2. The molecule has 1 aliphatic heterocycles. The highest BCUT2D eigenvalue weighted by Crippen LogP contribution is 2.19. The number of aliphatic imine (C=N–C) groups is 1. The molecule has 0 saturated heterocycles. The van der Waals surface area contributed by atoms with Gasteiger partial charge in [-0.2, -0.15) is 0 Å². The van der Waals surface area contributed by atoms with E-state index in [4.69, 9.17) is 11.5 Å². The number of nitrogens with zero attached hydrogens (tertiary/aromatic N) is 5. The van der Waals surface area contributed by atoms with Crippen molar-refractivity contribution in [1.29, 1.82) is 0 Å². The van der Waals surface area contributed by atoms with Gasteiger partial charge in [0, 0.05) is 30.7 Å². The zero-order valence-corrected chi connectivity index (χ0v) is 23.1. The average molecular weight is 553 g/mol. The smallest absolute Gasteiger partial charge is 0.142 e. The van der Waals surface area contributed by atoms with Crippen molar-refractivity contribution in [3.63, 3.8) is 0 Å². The van der Waals surface area contributed by atoms with Crippen molar-refractivity contribution < 1.29 is 0 Å². The number of benzene rings is 1. The monoisotopic (exact) mass is 552 g/mol. The lowest BCUT2D eigenvalue weighted by Gasteiger charge is -2.21. The first-order chi connectivity index (χ1) is 20.7. The molecule has 5 aromatic rings. The first-order valence-corrected chi connectivity index (χ1v) is 13.6. The van der Waals surface area contributed by atoms with Crippen LogP contribution in [0.5, 0.6) is 0 Å². The number of hydrogen-bond acceptors (Lipinski definition) is 7. The summed E-state index contributed by atoms with van der Waals surface area (Å²) in [5, 5.41) is 3.38. The maximum atomic E-state index is 6.21. The molecule has 4 aromatic heterocycles. The van der Waals surface area contributed by atoms with Gasteiger partial charge in [0.25, 0.3) is 0 Å². The molecule has 0 aliphatic carbocycles. The fraction of sp³-hybridized carbons (Fsp3) is 0.0882. The summed E-state index contributed by atoms with van der Waals surface area (Å²) in [5.41, 5.74) is 19.2. The molecule has 1 aliphatic rings. The summed E-state index contributed by atoms with van der Waals surface area (Å²) in [5.74, 6) is 0.485. The first kappa shape index (κ1) is 28.1. The van der Waals surface area contributed by atoms with Crippen LogP contribution in [0.3, 0.4) is 0 Å². The Morgan fingerprint density at radius 2 is 1.43 bits per heavy atom. The Morgan fingerprint density at radius 1 is 0.738 bits per heavy atom. The van der Waals surface area contributed by atoms with E-state index in [-0.39, 0.29) is 6.04 Å². The number of dihydropyridines is 1. The predicted molar refractivity (Wildman–Crippen MR) is 168 cm³/mol. The fourth-order valence-electron chi connectivity index (χ4n) is 4.24. The Bertz CT molecular complexity index is 1650. The number of allylic oxidation sites excluding steroid dienone is 2. The Hall–Kier alpha value is -5.47. The second kappa shape index (κ2) is 14.2. The Balaban J connectivity index is 0.000000211. The maximum Gasteiger partial charge on any atom is 0.142 e. The number of aromatic nitrogens is 4. The number of hydrogen-bond donors (Lipinski definition) is 3. The number of amidine groups is 1. The molecule has 8 heteroatoms. The van der Waals surface area contributed by atoms with Crippen molar-refractivity contribution in [2.45, 2.75) is 19.1 Å². The number of rotatable bonds is 7. The third kappa shape index (κ3) is 7.59. The van der Waals surface area contributed by atoms with E-state index in [1.807, 2.05) is 84.9 Å². The number of nitrogens with one attached hydrogen (secondary N) is 1. The van der Waals surface area contributed by atoms with Crippen molar-refractivity contribution in [3.05, 3.63) is 157 Å². The van der Waals surface area contributed by atoms with E-state index in [1.54, 1.807) is 18.6 Å². The van der Waals surface area contributed by atoms with Gasteiger partial charge < -0.3 is 16.8 Å². The van der Waals surface area contributed by atoms with Crippen LogP contribution in [0.2, 0.25) is 0 Å². The van der Waals surface area contributed by atoms with Gasteiger partial charge in [0.2, 0.25) is 0 Å². The van der Waals surface area contributed by atoms with Crippen molar-refractivity contribution in [2.24, 2.45) is 16.5 Å². The van der Waals surface area contributed by atoms with E-state index in [0.717, 1.165) is 45.3 Å². The molecule has 5 N–H and O–H groups in total. The quantitative estimate of drug-likeness (QED) is 0.182. The topological polar surface area (TPSA) is 128 Å². The van der Waals surface area contributed by atoms with Crippen LogP contribution in [0, 0.1) is 0 Å². The van der Waals surface area contributed by atoms with Crippen LogP contribution < -0.4 is 16.8 Å². The number of nitrogens with two attached hydrogens (primary N) is 2. The van der Waals surface area contributed by atoms with E-state index < -0.39 is 0 Å². The van der Waals surface area contributed by atoms with Crippen molar-refractivity contribution in [1.82, 2.24) is 25.3 Å². The fourth-order valence-corrected chi connectivity index (χ4v) is 4.24. The third-order valence-corrected chi connectivity index (χ3v) is 6.45. The van der Waals surface area contributed by atoms with Crippen LogP contribution in [0.1, 0.15) is 23.0 Å². The molecule has 0 bridgehead atoms. The summed E-state index contributed by atoms with van der Waals surface area (Å²) in [6.45, 7) is 0.978. The summed E-state index contributed by atoms with van der Waals surface area (Å²) in [7, 11) is 0. The number of pyridine rings is 4. The van der Waals surface area contributed by atoms with E-state index in [2.05, 4.69) is 60.6 Å². The lowest BCUT2D eigenvalue weighted by molar-refractivity contribution is 0.702. The largest absolute Gasteiger partial charge is 0.382 e. The minimum Gasteiger partial charge on any atom is -0.382 e. The molecule has 208 valence electrons. The normalized spacial score (nSPS) is 14.3. The molecular weight excluding hydrogens is 520 g/mol. The lowest BCUT2D eigenvalue weighted by Crippen LogP contribution is -2.31. The zero-order chi connectivity index (χ0) is 29.0. The van der Waals surface area contributed by atoms with Crippen molar-refractivity contribution in [2.75, 3.05) is 0 Å². The second-order valence-corrected chi connectivity index (χ2v) is 9.39. The summed E-state index contributed by atoms with van der Waals surface area (Å²) in [4.78, 5) is 21.9. The Labute approximate surface area is 245 Å². The molecule has 0 saturated carbocycles. The minimum atomic E-state index is -0.00685. The van der Waals surface area contributed by atoms with Crippen LogP contribution in [-0.2, 0) is 13.1 Å². The van der Waals surface area contributed by atoms with Gasteiger partial charge in [-0.1, -0.05) is 60.7 Å². The second-order valence-electron chi connectivity index (χ2n) is 9.39. The van der Waals surface area contributed by atoms with Crippen LogP contribution in [-0.4, -0.2) is 25.8 Å². The molecule has 0 fully saturated rings. The van der Waals surface area contributed by atoms with Crippen LogP contribution >= 0.6 is 0 Å². The van der Waals surface area contributed by atoms with Gasteiger partial charge in [-0.15, -0.1) is 0 Å². The highest BCUT2D eigenvalue weighted by Gasteiger charge is 2.15. The highest BCUT2D eigenvalue weighted by atomic mass is 15.0. The Morgan fingerprint density at radius 3 is 2.10 bits per heavy atom. The van der Waals surface area contributed by atoms with E-state index >= 15 is 0 Å². The predicted octanol–water partition coefficient (Wildman–Crippen LogP) is 5.39. The molecule has 5 heterocycles. The summed E-state index contributed by atoms with van der Waals surface area (Å²) < 4.78 is 0. The SMILES string of the molecule is NC(=NCc1ccc(-c2ccccn2)cc1)C1=CC=CC(c2ccccn2)N1.NCc1cccc(-c2ccccn2)n1. The van der Waals surface area contributed by atoms with Crippen LogP contribution in [0.15, 0.2) is 145 Å². The minimum absolute atomic E-state index is 0.00685. The lowest BCUT2D eigenvalue weighted by atomic mass is 10.1. The van der Waals surface area contributed by atoms with Gasteiger partial charge in [-0.05, 0) is 60.2 Å². The van der Waals surface area contributed by atoms with Gasteiger partial charge in [-0.25, -0.2) is 4.98 Å². The van der Waals surface area contributed by atoms with Crippen molar-refractivity contribution in [3.8, 4) is 22.6 Å².